The number of nitrogens with one attached hydrogen (secondary N) is 1. The lowest BCUT2D eigenvalue weighted by atomic mass is 10.0. The van der Waals surface area contributed by atoms with Crippen LogP contribution in [0.1, 0.15) is 32.0 Å². The first kappa shape index (κ1) is 38.8. The molecule has 276 valence electrons. The normalized spacial score (nSPS) is 15.1. The molecule has 0 saturated carbocycles. The van der Waals surface area contributed by atoms with Crippen molar-refractivity contribution >= 4 is 55.7 Å². The number of carbonyl (C=O) groups is 2. The highest BCUT2D eigenvalue weighted by atomic mass is 127. The molecule has 0 spiro atoms. The van der Waals surface area contributed by atoms with Crippen molar-refractivity contribution in [2.24, 2.45) is 0 Å². The monoisotopic (exact) mass is 834 g/mol. The largest absolute Gasteiger partial charge is 0.453 e. The third-order valence-electron chi connectivity index (χ3n) is 8.18. The van der Waals surface area contributed by atoms with E-state index in [2.05, 4.69) is 61.5 Å². The molecular formula is C37H48FIN6O5S. The van der Waals surface area contributed by atoms with Gasteiger partial charge in [-0.25, -0.2) is 24.2 Å². The first-order valence-corrected chi connectivity index (χ1v) is 21.0. The van der Waals surface area contributed by atoms with Crippen molar-refractivity contribution in [3.63, 3.8) is 0 Å². The molecule has 0 radical (unpaired) electrons. The van der Waals surface area contributed by atoms with E-state index in [9.17, 15) is 9.59 Å². The third kappa shape index (κ3) is 11.3. The van der Waals surface area contributed by atoms with E-state index in [1.165, 1.54) is 6.07 Å². The molecule has 0 unspecified atom stereocenters. The zero-order valence-corrected chi connectivity index (χ0v) is 33.1. The summed E-state index contributed by atoms with van der Waals surface area (Å²) in [7, 11) is -0.657. The number of nitrogens with zero attached hydrogens (tertiary/aromatic N) is 5. The number of halogens is 2. The fraction of sp³-hybridized carbons (Fsp3) is 0.459. The number of alkyl carbamates (subject to hydrolysis) is 1. The molecule has 14 heteroatoms. The highest BCUT2D eigenvalue weighted by Gasteiger charge is 2.31. The lowest BCUT2D eigenvalue weighted by Crippen LogP contribution is -2.55. The molecule has 1 fully saturated rings. The molecule has 1 saturated heterocycles. The predicted octanol–water partition coefficient (Wildman–Crippen LogP) is 6.42. The Morgan fingerprint density at radius 3 is 2.45 bits per heavy atom. The molecule has 3 aromatic heterocycles. The minimum atomic E-state index is -0.957. The van der Waals surface area contributed by atoms with Gasteiger partial charge < -0.3 is 29.0 Å². The summed E-state index contributed by atoms with van der Waals surface area (Å²) < 4.78 is 36.0. The Morgan fingerprint density at radius 2 is 1.78 bits per heavy atom. The number of benzene rings is 1. The number of amides is 2. The van der Waals surface area contributed by atoms with E-state index in [1.807, 2.05) is 29.0 Å². The summed E-state index contributed by atoms with van der Waals surface area (Å²) in [6, 6.07) is 11.2. The lowest BCUT2D eigenvalue weighted by Gasteiger charge is -2.36. The SMILES string of the molecule is CC(C)(C)OC(=O)N[C@@H](Cc1ccc(Oc2ccnc3c2c(I)cn3COCCS(C)(C)C)c(F)c1)C(=O)N1CCN(Cc2ccccn2)CC1. The van der Waals surface area contributed by atoms with Crippen molar-refractivity contribution < 1.29 is 28.2 Å². The van der Waals surface area contributed by atoms with E-state index >= 15 is 4.39 Å². The predicted molar refractivity (Wildman–Crippen MR) is 208 cm³/mol. The molecule has 0 bridgehead atoms. The second-order valence-electron chi connectivity index (χ2n) is 14.5. The average molecular weight is 835 g/mol. The first-order chi connectivity index (χ1) is 24.1. The van der Waals surface area contributed by atoms with Gasteiger partial charge in [0, 0.05) is 67.1 Å². The van der Waals surface area contributed by atoms with Crippen molar-refractivity contribution in [3.05, 3.63) is 81.7 Å². The maximum absolute atomic E-state index is 15.7. The van der Waals surface area contributed by atoms with Crippen molar-refractivity contribution in [3.8, 4) is 11.5 Å². The molecule has 51 heavy (non-hydrogen) atoms. The van der Waals surface area contributed by atoms with Gasteiger partial charge in [-0.2, -0.15) is 0 Å². The van der Waals surface area contributed by atoms with Crippen molar-refractivity contribution in [1.29, 1.82) is 0 Å². The van der Waals surface area contributed by atoms with Crippen LogP contribution in [0.25, 0.3) is 11.0 Å². The van der Waals surface area contributed by atoms with Crippen LogP contribution in [0.15, 0.2) is 61.1 Å². The lowest BCUT2D eigenvalue weighted by molar-refractivity contribution is -0.135. The van der Waals surface area contributed by atoms with Crippen molar-refractivity contribution in [2.45, 2.75) is 52.1 Å². The zero-order valence-electron chi connectivity index (χ0n) is 30.2. The molecule has 4 aromatic rings. The summed E-state index contributed by atoms with van der Waals surface area (Å²) in [5.41, 5.74) is 1.43. The zero-order chi connectivity index (χ0) is 36.8. The van der Waals surface area contributed by atoms with Crippen molar-refractivity contribution in [1.82, 2.24) is 29.7 Å². The number of ether oxygens (including phenoxy) is 3. The number of hydrogen-bond donors (Lipinski definition) is 1. The summed E-state index contributed by atoms with van der Waals surface area (Å²) in [6.45, 7) is 9.29. The summed E-state index contributed by atoms with van der Waals surface area (Å²) in [4.78, 5) is 39.6. The van der Waals surface area contributed by atoms with Gasteiger partial charge in [0.15, 0.2) is 11.6 Å². The number of hydrogen-bond acceptors (Lipinski definition) is 8. The number of rotatable bonds is 13. The van der Waals surface area contributed by atoms with Crippen LogP contribution in [0, 0.1) is 9.39 Å². The van der Waals surface area contributed by atoms with Crippen LogP contribution in [-0.4, -0.2) is 105 Å². The third-order valence-corrected chi connectivity index (χ3v) is 10.4. The summed E-state index contributed by atoms with van der Waals surface area (Å²) >= 11 is 2.22. The van der Waals surface area contributed by atoms with E-state index in [0.29, 0.717) is 63.0 Å². The summed E-state index contributed by atoms with van der Waals surface area (Å²) in [6.07, 6.45) is 11.5. The van der Waals surface area contributed by atoms with Crippen molar-refractivity contribution in [2.75, 3.05) is 57.3 Å². The molecule has 5 rings (SSSR count). The number of carbonyl (C=O) groups excluding carboxylic acids is 2. The smallest absolute Gasteiger partial charge is 0.408 e. The van der Waals surface area contributed by atoms with Gasteiger partial charge in [0.25, 0.3) is 0 Å². The minimum absolute atomic E-state index is 0.0335. The minimum Gasteiger partial charge on any atom is -0.453 e. The molecule has 1 aliphatic rings. The van der Waals surface area contributed by atoms with Gasteiger partial charge in [-0.05, 0) is 98.0 Å². The van der Waals surface area contributed by atoms with E-state index in [0.717, 1.165) is 20.4 Å². The topological polar surface area (TPSA) is 111 Å². The summed E-state index contributed by atoms with van der Waals surface area (Å²) in [5.74, 6) is 0.672. The molecule has 2 amide bonds. The fourth-order valence-electron chi connectivity index (χ4n) is 5.62. The molecule has 4 heterocycles. The van der Waals surface area contributed by atoms with E-state index in [4.69, 9.17) is 14.2 Å². The highest BCUT2D eigenvalue weighted by Crippen LogP contribution is 2.36. The first-order valence-electron chi connectivity index (χ1n) is 16.9. The maximum atomic E-state index is 15.7. The second kappa shape index (κ2) is 16.9. The van der Waals surface area contributed by atoms with Crippen LogP contribution < -0.4 is 10.1 Å². The summed E-state index contributed by atoms with van der Waals surface area (Å²) in [5, 5.41) is 3.51. The van der Waals surface area contributed by atoms with E-state index in [-0.39, 0.29) is 18.1 Å². The molecular weight excluding hydrogens is 786 g/mol. The van der Waals surface area contributed by atoms with Crippen LogP contribution >= 0.6 is 32.6 Å². The van der Waals surface area contributed by atoms with Crippen LogP contribution in [0.3, 0.4) is 0 Å². The van der Waals surface area contributed by atoms with Gasteiger partial charge >= 0.3 is 6.09 Å². The molecule has 1 N–H and O–H groups in total. The Balaban J connectivity index is 1.27. The number of pyridine rings is 2. The fourth-order valence-corrected chi connectivity index (χ4v) is 7.08. The standard InChI is InChI=1S/C37H48FIN6O5S/c1-37(2,3)50-36(47)42-30(35(46)44-17-15-43(16-18-44)23-27-9-7-8-13-40-27)22-26-10-11-31(28(38)21-26)49-32-12-14-41-34-33(32)29(39)24-45(34)25-48-19-20-51(4,5)6/h7-14,21,24,30H,15-20,22-23,25H2,1-6H3,(H,42,47)/t30-/m0/s1. The Morgan fingerprint density at radius 1 is 1.02 bits per heavy atom. The molecule has 1 aliphatic heterocycles. The van der Waals surface area contributed by atoms with Gasteiger partial charge in [0.2, 0.25) is 5.91 Å². The Bertz CT molecular complexity index is 1800. The number of aromatic nitrogens is 3. The highest BCUT2D eigenvalue weighted by molar-refractivity contribution is 14.1. The Kier molecular flexibility index (Phi) is 12.8. The van der Waals surface area contributed by atoms with Gasteiger partial charge in [-0.15, -0.1) is 0 Å². The molecule has 1 aromatic carbocycles. The molecule has 11 nitrogen and oxygen atoms in total. The maximum Gasteiger partial charge on any atom is 0.408 e. The van der Waals surface area contributed by atoms with Crippen LogP contribution in [-0.2, 0) is 34.0 Å². The quantitative estimate of drug-likeness (QED) is 0.122. The Labute approximate surface area is 314 Å². The molecule has 0 aliphatic carbocycles. The van der Waals surface area contributed by atoms with E-state index < -0.39 is 33.6 Å². The van der Waals surface area contributed by atoms with Crippen LogP contribution in [0.4, 0.5) is 9.18 Å². The van der Waals surface area contributed by atoms with Gasteiger partial charge in [-0.1, -0.05) is 12.1 Å². The number of fused-ring (bicyclic) bond motifs is 1. The van der Waals surface area contributed by atoms with Gasteiger partial charge in [-0.3, -0.25) is 14.7 Å². The van der Waals surface area contributed by atoms with Gasteiger partial charge in [0.05, 0.1) is 17.7 Å². The van der Waals surface area contributed by atoms with Crippen LogP contribution in [0.2, 0.25) is 0 Å². The van der Waals surface area contributed by atoms with Crippen LogP contribution in [0.5, 0.6) is 11.5 Å². The number of piperazine rings is 1. The second-order valence-corrected chi connectivity index (χ2v) is 20.2. The Hall–Kier alpha value is -3.47. The van der Waals surface area contributed by atoms with E-state index in [1.54, 1.807) is 56.3 Å². The molecule has 1 atom stereocenters. The van der Waals surface area contributed by atoms with Gasteiger partial charge in [0.1, 0.15) is 29.8 Å². The average Bonchev–Trinajstić information content (AvgIpc) is 3.39.